The molecule has 36 heavy (non-hydrogen) atoms. The zero-order chi connectivity index (χ0) is 25.3. The summed E-state index contributed by atoms with van der Waals surface area (Å²) in [6, 6.07) is 7.93. The fourth-order valence-corrected chi connectivity index (χ4v) is 4.69. The van der Waals surface area contributed by atoms with E-state index in [1.807, 2.05) is 31.2 Å². The summed E-state index contributed by atoms with van der Waals surface area (Å²) in [5.74, 6) is 2.12. The van der Waals surface area contributed by atoms with Crippen LogP contribution in [0.3, 0.4) is 0 Å². The Hall–Kier alpha value is -4.54. The number of H-pyrrole nitrogens is 1. The van der Waals surface area contributed by atoms with E-state index < -0.39 is 11.7 Å². The number of methoxy groups -OCH3 is 1. The largest absolute Gasteiger partial charge is 0.468 e. The lowest BCUT2D eigenvalue weighted by Crippen LogP contribution is -2.48. The van der Waals surface area contributed by atoms with Gasteiger partial charge in [-0.1, -0.05) is 6.58 Å². The minimum absolute atomic E-state index is 0.389. The first-order valence-electron chi connectivity index (χ1n) is 11.5. The average molecular weight is 490 g/mol. The number of carbonyl (C=O) groups is 1. The maximum absolute atomic E-state index is 12.2. The Kier molecular flexibility index (Phi) is 5.96. The molecule has 3 aromatic rings. The third-order valence-electron chi connectivity index (χ3n) is 6.38. The number of hydrogen-bond acceptors (Lipinski definition) is 8. The predicted molar refractivity (Wildman–Crippen MR) is 135 cm³/mol. The molecule has 1 amide bonds. The minimum Gasteiger partial charge on any atom is -0.468 e. The van der Waals surface area contributed by atoms with Crippen molar-refractivity contribution in [1.82, 2.24) is 19.9 Å². The molecule has 0 bridgehead atoms. The Morgan fingerprint density at radius 2 is 2.17 bits per heavy atom. The van der Waals surface area contributed by atoms with Crippen molar-refractivity contribution >= 4 is 29.3 Å². The molecule has 0 unspecified atom stereocenters. The molecule has 2 aliphatic rings. The van der Waals surface area contributed by atoms with Crippen LogP contribution in [0.15, 0.2) is 59.7 Å². The number of nitrogens with one attached hydrogen (secondary N) is 2. The number of nitrogens with two attached hydrogens (primary N) is 1. The number of likely N-dealkylation sites (tertiary alicyclic amines) is 1. The van der Waals surface area contributed by atoms with Crippen molar-refractivity contribution in [3.8, 4) is 11.8 Å². The number of pyridine rings is 1. The van der Waals surface area contributed by atoms with Crippen molar-refractivity contribution in [3.63, 3.8) is 0 Å². The lowest BCUT2D eigenvalue weighted by atomic mass is 9.83. The molecular weight excluding hydrogens is 462 g/mol. The Morgan fingerprint density at radius 1 is 1.36 bits per heavy atom. The van der Waals surface area contributed by atoms with Crippen LogP contribution in [0.1, 0.15) is 24.0 Å². The van der Waals surface area contributed by atoms with Gasteiger partial charge in [0, 0.05) is 49.8 Å². The van der Waals surface area contributed by atoms with E-state index in [9.17, 15) is 4.79 Å². The molecule has 0 atom stereocenters. The summed E-state index contributed by atoms with van der Waals surface area (Å²) < 4.78 is 17.0. The third kappa shape index (κ3) is 4.30. The Morgan fingerprint density at radius 3 is 2.92 bits per heavy atom. The van der Waals surface area contributed by atoms with E-state index in [4.69, 9.17) is 19.9 Å². The van der Waals surface area contributed by atoms with Crippen LogP contribution in [0.25, 0.3) is 11.0 Å². The molecular formula is C25H27N7O4. The van der Waals surface area contributed by atoms with Gasteiger partial charge >= 0.3 is 6.09 Å². The number of ether oxygens (including phenoxy) is 3. The number of nitrogens with zero attached hydrogens (tertiary/aromatic N) is 4. The molecule has 2 aromatic heterocycles. The minimum atomic E-state index is -0.731. The number of hydrogen-bond donors (Lipinski definition) is 3. The van der Waals surface area contributed by atoms with Crippen LogP contribution in [0, 0.1) is 6.92 Å². The number of piperidine rings is 1. The van der Waals surface area contributed by atoms with E-state index >= 15 is 0 Å². The highest BCUT2D eigenvalue weighted by atomic mass is 16.6. The van der Waals surface area contributed by atoms with Crippen LogP contribution in [0.2, 0.25) is 0 Å². The monoisotopic (exact) mass is 489 g/mol. The number of rotatable bonds is 6. The number of fused-ring (bicyclic) bond motifs is 3. The van der Waals surface area contributed by atoms with E-state index in [0.717, 1.165) is 22.2 Å². The first kappa shape index (κ1) is 23.2. The van der Waals surface area contributed by atoms with Crippen molar-refractivity contribution in [2.75, 3.05) is 25.5 Å². The summed E-state index contributed by atoms with van der Waals surface area (Å²) in [7, 11) is 1.56. The van der Waals surface area contributed by atoms with E-state index in [0.29, 0.717) is 55.1 Å². The van der Waals surface area contributed by atoms with Gasteiger partial charge < -0.3 is 29.8 Å². The molecule has 1 fully saturated rings. The van der Waals surface area contributed by atoms with Crippen molar-refractivity contribution in [3.05, 3.63) is 65.8 Å². The summed E-state index contributed by atoms with van der Waals surface area (Å²) in [6.45, 7) is 7.16. The maximum Gasteiger partial charge on any atom is 0.413 e. The number of aromatic amines is 1. The van der Waals surface area contributed by atoms with Crippen LogP contribution >= 0.6 is 0 Å². The molecule has 11 nitrogen and oxygen atoms in total. The number of benzene rings is 1. The van der Waals surface area contributed by atoms with E-state index in [-0.39, 0.29) is 0 Å². The molecule has 11 heteroatoms. The predicted octanol–water partition coefficient (Wildman–Crippen LogP) is 3.55. The van der Waals surface area contributed by atoms with Gasteiger partial charge in [-0.25, -0.2) is 14.8 Å². The van der Waals surface area contributed by atoms with Crippen molar-refractivity contribution in [2.45, 2.75) is 25.4 Å². The molecule has 5 rings (SSSR count). The fourth-order valence-electron chi connectivity index (χ4n) is 4.69. The molecule has 4 heterocycles. The second-order valence-electron chi connectivity index (χ2n) is 8.62. The maximum atomic E-state index is 12.2. The molecule has 1 spiro atoms. The van der Waals surface area contributed by atoms with Gasteiger partial charge in [0.15, 0.2) is 0 Å². The van der Waals surface area contributed by atoms with E-state index in [1.165, 1.54) is 6.34 Å². The van der Waals surface area contributed by atoms with Crippen LogP contribution in [0.4, 0.5) is 10.6 Å². The Balaban J connectivity index is 1.33. The summed E-state index contributed by atoms with van der Waals surface area (Å²) >= 11 is 0. The lowest BCUT2D eigenvalue weighted by Gasteiger charge is -2.44. The molecule has 1 saturated heterocycles. The number of carbonyl (C=O) groups excluding carboxylic acids is 1. The Bertz CT molecular complexity index is 1390. The zero-order valence-electron chi connectivity index (χ0n) is 20.1. The summed E-state index contributed by atoms with van der Waals surface area (Å²) in [5.41, 5.74) is 8.36. The average Bonchev–Trinajstić information content (AvgIpc) is 3.28. The first-order chi connectivity index (χ1) is 17.4. The van der Waals surface area contributed by atoms with E-state index in [1.54, 1.807) is 19.4 Å². The topological polar surface area (TPSA) is 140 Å². The molecule has 1 aromatic carbocycles. The second-order valence-corrected chi connectivity index (χ2v) is 8.62. The van der Waals surface area contributed by atoms with Crippen LogP contribution in [-0.4, -0.2) is 52.5 Å². The zero-order valence-corrected chi connectivity index (χ0v) is 20.1. The normalized spacial score (nSPS) is 17.1. The van der Waals surface area contributed by atoms with Gasteiger partial charge in [-0.2, -0.15) is 4.98 Å². The van der Waals surface area contributed by atoms with Crippen LogP contribution in [0.5, 0.6) is 11.8 Å². The number of allylic oxidation sites excluding steroid dienone is 1. The summed E-state index contributed by atoms with van der Waals surface area (Å²) in [6.07, 6.45) is 5.27. The third-order valence-corrected chi connectivity index (χ3v) is 6.38. The number of aryl methyl sites for hydroxylation is 1. The molecule has 0 radical (unpaired) electrons. The number of aliphatic imine (C=N–C) groups is 1. The smallest absolute Gasteiger partial charge is 0.413 e. The standard InChI is InChI=1S/C25H27N7O4/c1-15-11-17(13-19-21(15)30-23(29-19)34-3)35-16(2)12-20(28-14-26)32-9-6-25(7-10-32)18-5-4-8-27-22(18)31-24(33)36-25/h4-5,8,11-14H,2,6-7,9-10H2,1,3H3,(H2,26,28)(H,29,30)(H,27,31,33)/b20-12+. The lowest BCUT2D eigenvalue weighted by molar-refractivity contribution is -0.0325. The highest BCUT2D eigenvalue weighted by Crippen LogP contribution is 2.43. The fraction of sp³-hybridized carbons (Fsp3) is 0.280. The van der Waals surface area contributed by atoms with Crippen LogP contribution < -0.4 is 20.5 Å². The molecule has 186 valence electrons. The van der Waals surface area contributed by atoms with Crippen LogP contribution in [-0.2, 0) is 10.3 Å². The van der Waals surface area contributed by atoms with Crippen molar-refractivity contribution in [1.29, 1.82) is 0 Å². The summed E-state index contributed by atoms with van der Waals surface area (Å²) in [4.78, 5) is 30.4. The van der Waals surface area contributed by atoms with Gasteiger partial charge in [-0.15, -0.1) is 0 Å². The molecule has 0 aliphatic carbocycles. The molecule has 2 aliphatic heterocycles. The van der Waals surface area contributed by atoms with E-state index in [2.05, 4.69) is 36.7 Å². The van der Waals surface area contributed by atoms with Gasteiger partial charge in [0.25, 0.3) is 6.01 Å². The van der Waals surface area contributed by atoms with Gasteiger partial charge in [0.1, 0.15) is 28.7 Å². The quantitative estimate of drug-likeness (QED) is 0.207. The highest BCUT2D eigenvalue weighted by Gasteiger charge is 2.45. The van der Waals surface area contributed by atoms with Crippen molar-refractivity contribution < 1.29 is 19.0 Å². The first-order valence-corrected chi connectivity index (χ1v) is 11.5. The van der Waals surface area contributed by atoms with Gasteiger partial charge in [-0.05, 0) is 30.7 Å². The van der Waals surface area contributed by atoms with Gasteiger partial charge in [0.2, 0.25) is 0 Å². The second kappa shape index (κ2) is 9.25. The number of aromatic nitrogens is 3. The molecule has 4 N–H and O–H groups in total. The number of imidazole rings is 1. The summed E-state index contributed by atoms with van der Waals surface area (Å²) in [5, 5.41) is 2.68. The number of amides is 1. The van der Waals surface area contributed by atoms with Crippen molar-refractivity contribution in [2.24, 2.45) is 10.7 Å². The Labute approximate surface area is 207 Å². The van der Waals surface area contributed by atoms with Gasteiger partial charge in [-0.3, -0.25) is 5.32 Å². The van der Waals surface area contributed by atoms with Gasteiger partial charge in [0.05, 0.1) is 24.5 Å². The highest BCUT2D eigenvalue weighted by molar-refractivity contribution is 5.87. The molecule has 0 saturated carbocycles. The SMILES string of the molecule is C=C(/C=C(\N=C/N)N1CCC2(CC1)OC(=O)Nc1ncccc12)Oc1cc(C)c2[nH]c(OC)nc2c1. The number of anilines is 1.